The lowest BCUT2D eigenvalue weighted by Crippen LogP contribution is -2.30. The molecule has 0 unspecified atom stereocenters. The minimum atomic E-state index is -0.539. The van der Waals surface area contributed by atoms with Gasteiger partial charge in [-0.25, -0.2) is 4.98 Å². The molecule has 0 saturated carbocycles. The van der Waals surface area contributed by atoms with Gasteiger partial charge in [-0.2, -0.15) is 0 Å². The molecule has 27 heavy (non-hydrogen) atoms. The molecule has 0 aliphatic rings. The SMILES string of the molecule is COC(=O)CNC(=O)c1nc(-c2ccccc2)oc1Sc1ccc(C)cc1. The van der Waals surface area contributed by atoms with Crippen LogP contribution in [0.2, 0.25) is 0 Å². The molecule has 1 amide bonds. The summed E-state index contributed by atoms with van der Waals surface area (Å²) < 4.78 is 10.4. The van der Waals surface area contributed by atoms with Crippen molar-refractivity contribution in [1.82, 2.24) is 10.3 Å². The van der Waals surface area contributed by atoms with E-state index in [9.17, 15) is 9.59 Å². The van der Waals surface area contributed by atoms with Gasteiger partial charge in [-0.1, -0.05) is 35.9 Å². The van der Waals surface area contributed by atoms with E-state index >= 15 is 0 Å². The lowest BCUT2D eigenvalue weighted by Gasteiger charge is -2.03. The molecule has 0 saturated heterocycles. The summed E-state index contributed by atoms with van der Waals surface area (Å²) in [6, 6.07) is 17.2. The summed E-state index contributed by atoms with van der Waals surface area (Å²) in [6.07, 6.45) is 0. The molecule has 0 atom stereocenters. The summed E-state index contributed by atoms with van der Waals surface area (Å²) in [5.41, 5.74) is 2.02. The molecule has 7 heteroatoms. The first kappa shape index (κ1) is 18.7. The topological polar surface area (TPSA) is 81.4 Å². The van der Waals surface area contributed by atoms with E-state index in [4.69, 9.17) is 4.42 Å². The number of ether oxygens (including phenoxy) is 1. The van der Waals surface area contributed by atoms with Crippen LogP contribution in [0.5, 0.6) is 0 Å². The molecular formula is C20H18N2O4S. The Morgan fingerprint density at radius 1 is 1.11 bits per heavy atom. The molecule has 138 valence electrons. The highest BCUT2D eigenvalue weighted by Gasteiger charge is 2.22. The fourth-order valence-corrected chi connectivity index (χ4v) is 3.09. The molecule has 6 nitrogen and oxygen atoms in total. The van der Waals surface area contributed by atoms with Crippen LogP contribution in [0.1, 0.15) is 16.1 Å². The highest BCUT2D eigenvalue weighted by Crippen LogP contribution is 2.34. The Hall–Kier alpha value is -3.06. The third-order valence-corrected chi connectivity index (χ3v) is 4.65. The van der Waals surface area contributed by atoms with Crippen LogP contribution in [0, 0.1) is 6.92 Å². The second-order valence-electron chi connectivity index (χ2n) is 5.70. The molecular weight excluding hydrogens is 364 g/mol. The summed E-state index contributed by atoms with van der Waals surface area (Å²) in [4.78, 5) is 29.1. The molecule has 3 rings (SSSR count). The average molecular weight is 382 g/mol. The number of aryl methyl sites for hydroxylation is 1. The van der Waals surface area contributed by atoms with Crippen LogP contribution in [0.25, 0.3) is 11.5 Å². The van der Waals surface area contributed by atoms with Crippen molar-refractivity contribution in [3.63, 3.8) is 0 Å². The molecule has 0 aliphatic heterocycles. The molecule has 1 aromatic heterocycles. The molecule has 1 heterocycles. The van der Waals surface area contributed by atoms with Crippen LogP contribution in [0.15, 0.2) is 69.0 Å². The van der Waals surface area contributed by atoms with Gasteiger partial charge in [0.25, 0.3) is 5.91 Å². The zero-order valence-electron chi connectivity index (χ0n) is 14.9. The number of nitrogens with one attached hydrogen (secondary N) is 1. The van der Waals surface area contributed by atoms with Crippen LogP contribution in [0.4, 0.5) is 0 Å². The third kappa shape index (κ3) is 4.77. The minimum absolute atomic E-state index is 0.128. The molecule has 2 aromatic carbocycles. The summed E-state index contributed by atoms with van der Waals surface area (Å²) in [7, 11) is 1.26. The summed E-state index contributed by atoms with van der Waals surface area (Å²) in [5.74, 6) is -0.697. The number of hydrogen-bond donors (Lipinski definition) is 1. The van der Waals surface area contributed by atoms with Crippen molar-refractivity contribution in [1.29, 1.82) is 0 Å². The van der Waals surface area contributed by atoms with Crippen molar-refractivity contribution in [2.24, 2.45) is 0 Å². The van der Waals surface area contributed by atoms with E-state index in [0.717, 1.165) is 16.0 Å². The predicted molar refractivity (Wildman–Crippen MR) is 102 cm³/mol. The van der Waals surface area contributed by atoms with Gasteiger partial charge in [0.05, 0.1) is 7.11 Å². The molecule has 3 aromatic rings. The van der Waals surface area contributed by atoms with Crippen LogP contribution in [-0.2, 0) is 9.53 Å². The summed E-state index contributed by atoms with van der Waals surface area (Å²) in [5, 5.41) is 2.86. The number of esters is 1. The first-order chi connectivity index (χ1) is 13.1. The fraction of sp³-hybridized carbons (Fsp3) is 0.150. The third-order valence-electron chi connectivity index (χ3n) is 3.68. The summed E-state index contributed by atoms with van der Waals surface area (Å²) >= 11 is 1.30. The number of nitrogens with zero attached hydrogens (tertiary/aromatic N) is 1. The molecule has 0 bridgehead atoms. The van der Waals surface area contributed by atoms with Gasteiger partial charge in [0.1, 0.15) is 6.54 Å². The lowest BCUT2D eigenvalue weighted by atomic mass is 10.2. The number of oxazole rings is 1. The smallest absolute Gasteiger partial charge is 0.325 e. The van der Waals surface area contributed by atoms with Crippen molar-refractivity contribution in [3.05, 3.63) is 65.9 Å². The maximum absolute atomic E-state index is 12.5. The van der Waals surface area contributed by atoms with Crippen molar-refractivity contribution in [2.75, 3.05) is 13.7 Å². The Labute approximate surface area is 160 Å². The fourth-order valence-electron chi connectivity index (χ4n) is 2.24. The van der Waals surface area contributed by atoms with Crippen LogP contribution in [0.3, 0.4) is 0 Å². The number of aromatic nitrogens is 1. The average Bonchev–Trinajstić information content (AvgIpc) is 3.12. The second kappa shape index (κ2) is 8.55. The van der Waals surface area contributed by atoms with Gasteiger partial charge in [-0.05, 0) is 43.0 Å². The van der Waals surface area contributed by atoms with E-state index in [0.29, 0.717) is 11.0 Å². The lowest BCUT2D eigenvalue weighted by molar-refractivity contribution is -0.139. The Morgan fingerprint density at radius 2 is 1.81 bits per heavy atom. The molecule has 0 radical (unpaired) electrons. The Kier molecular flexibility index (Phi) is 5.93. The van der Waals surface area contributed by atoms with Gasteiger partial charge in [-0.15, -0.1) is 0 Å². The van der Waals surface area contributed by atoms with Crippen LogP contribution in [-0.4, -0.2) is 30.5 Å². The van der Waals surface area contributed by atoms with Gasteiger partial charge in [-0.3, -0.25) is 9.59 Å². The zero-order chi connectivity index (χ0) is 19.2. The van der Waals surface area contributed by atoms with Crippen LogP contribution >= 0.6 is 11.8 Å². The van der Waals surface area contributed by atoms with E-state index in [-0.39, 0.29) is 12.2 Å². The van der Waals surface area contributed by atoms with Crippen molar-refractivity contribution >= 4 is 23.6 Å². The Morgan fingerprint density at radius 3 is 2.48 bits per heavy atom. The standard InChI is InChI=1S/C20H18N2O4S/c1-13-8-10-15(11-9-13)27-20-17(18(24)21-12-16(23)25-2)22-19(26-20)14-6-4-3-5-7-14/h3-11H,12H2,1-2H3,(H,21,24). The first-order valence-electron chi connectivity index (χ1n) is 8.22. The van der Waals surface area contributed by atoms with Gasteiger partial charge in [0.2, 0.25) is 5.89 Å². The Balaban J connectivity index is 1.91. The number of carbonyl (C=O) groups is 2. The number of carbonyl (C=O) groups excluding carboxylic acids is 2. The first-order valence-corrected chi connectivity index (χ1v) is 9.04. The normalized spacial score (nSPS) is 10.4. The quantitative estimate of drug-likeness (QED) is 0.655. The van der Waals surface area contributed by atoms with E-state index in [2.05, 4.69) is 15.0 Å². The van der Waals surface area contributed by atoms with Gasteiger partial charge in [0, 0.05) is 10.5 Å². The minimum Gasteiger partial charge on any atom is -0.468 e. The maximum Gasteiger partial charge on any atom is 0.325 e. The number of amides is 1. The molecule has 0 spiro atoms. The molecule has 1 N–H and O–H groups in total. The van der Waals surface area contributed by atoms with E-state index in [1.807, 2.05) is 61.5 Å². The number of benzene rings is 2. The van der Waals surface area contributed by atoms with E-state index in [1.54, 1.807) is 0 Å². The molecule has 0 aliphatic carbocycles. The monoisotopic (exact) mass is 382 g/mol. The van der Waals surface area contributed by atoms with Crippen molar-refractivity contribution in [2.45, 2.75) is 16.9 Å². The zero-order valence-corrected chi connectivity index (χ0v) is 15.7. The van der Waals surface area contributed by atoms with Crippen molar-refractivity contribution < 1.29 is 18.7 Å². The van der Waals surface area contributed by atoms with Gasteiger partial charge in [0.15, 0.2) is 10.8 Å². The largest absolute Gasteiger partial charge is 0.468 e. The highest BCUT2D eigenvalue weighted by molar-refractivity contribution is 7.99. The van der Waals surface area contributed by atoms with E-state index in [1.165, 1.54) is 18.9 Å². The van der Waals surface area contributed by atoms with E-state index < -0.39 is 11.9 Å². The van der Waals surface area contributed by atoms with Gasteiger partial charge >= 0.3 is 5.97 Å². The Bertz CT molecular complexity index is 936. The molecule has 0 fully saturated rings. The predicted octanol–water partition coefficient (Wildman–Crippen LogP) is 3.70. The highest BCUT2D eigenvalue weighted by atomic mass is 32.2. The van der Waals surface area contributed by atoms with Crippen LogP contribution < -0.4 is 5.32 Å². The maximum atomic E-state index is 12.5. The van der Waals surface area contributed by atoms with Crippen molar-refractivity contribution in [3.8, 4) is 11.5 Å². The van der Waals surface area contributed by atoms with Gasteiger partial charge < -0.3 is 14.5 Å². The number of methoxy groups -OCH3 is 1. The second-order valence-corrected chi connectivity index (χ2v) is 6.74. The number of rotatable bonds is 6. The number of hydrogen-bond acceptors (Lipinski definition) is 6. The summed E-state index contributed by atoms with van der Waals surface area (Å²) in [6.45, 7) is 1.76.